The van der Waals surface area contributed by atoms with Gasteiger partial charge in [0.25, 0.3) is 0 Å². The molecular weight excluding hydrogens is 184 g/mol. The van der Waals surface area contributed by atoms with E-state index in [1.165, 1.54) is 12.1 Å². The lowest BCUT2D eigenvalue weighted by atomic mass is 10.4. The van der Waals surface area contributed by atoms with Gasteiger partial charge in [0, 0.05) is 0 Å². The van der Waals surface area contributed by atoms with Crippen molar-refractivity contribution in [2.75, 3.05) is 5.75 Å². The SMILES string of the molecule is C=C(C)CS(=O)(=O)c1cc[c]cc1. The van der Waals surface area contributed by atoms with Crippen LogP contribution in [-0.2, 0) is 9.84 Å². The first-order valence-electron chi connectivity index (χ1n) is 3.85. The van der Waals surface area contributed by atoms with Crippen LogP contribution in [0.5, 0.6) is 0 Å². The lowest BCUT2D eigenvalue weighted by Gasteiger charge is -2.02. The lowest BCUT2D eigenvalue weighted by molar-refractivity contribution is 0.598. The van der Waals surface area contributed by atoms with Crippen LogP contribution in [0.4, 0.5) is 0 Å². The second-order valence-electron chi connectivity index (χ2n) is 2.95. The monoisotopic (exact) mass is 195 g/mol. The van der Waals surface area contributed by atoms with Crippen molar-refractivity contribution in [1.82, 2.24) is 0 Å². The van der Waals surface area contributed by atoms with Crippen molar-refractivity contribution in [3.05, 3.63) is 42.5 Å². The summed E-state index contributed by atoms with van der Waals surface area (Å²) in [7, 11) is -3.18. The highest BCUT2D eigenvalue weighted by Gasteiger charge is 2.12. The van der Waals surface area contributed by atoms with Crippen molar-refractivity contribution in [2.45, 2.75) is 11.8 Å². The van der Waals surface area contributed by atoms with Crippen LogP contribution < -0.4 is 0 Å². The molecule has 1 aromatic rings. The molecule has 1 radical (unpaired) electrons. The molecule has 0 aromatic heterocycles. The van der Waals surface area contributed by atoms with Crippen molar-refractivity contribution < 1.29 is 8.42 Å². The van der Waals surface area contributed by atoms with Gasteiger partial charge in [-0.3, -0.25) is 0 Å². The summed E-state index contributed by atoms with van der Waals surface area (Å²) in [5, 5.41) is 0. The van der Waals surface area contributed by atoms with Crippen LogP contribution in [0.15, 0.2) is 41.3 Å². The molecule has 0 heterocycles. The molecule has 0 aliphatic rings. The van der Waals surface area contributed by atoms with E-state index < -0.39 is 9.84 Å². The Balaban J connectivity index is 3.02. The van der Waals surface area contributed by atoms with Crippen LogP contribution in [0.3, 0.4) is 0 Å². The highest BCUT2D eigenvalue weighted by molar-refractivity contribution is 7.91. The van der Waals surface area contributed by atoms with Gasteiger partial charge in [-0.15, -0.1) is 0 Å². The Morgan fingerprint density at radius 3 is 2.46 bits per heavy atom. The largest absolute Gasteiger partial charge is 0.223 e. The van der Waals surface area contributed by atoms with Gasteiger partial charge in [0.1, 0.15) is 0 Å². The normalized spacial score (nSPS) is 11.2. The molecular formula is C10H11O2S. The fourth-order valence-electron chi connectivity index (χ4n) is 0.987. The van der Waals surface area contributed by atoms with Gasteiger partial charge in [-0.2, -0.15) is 0 Å². The van der Waals surface area contributed by atoms with Crippen molar-refractivity contribution in [2.24, 2.45) is 0 Å². The predicted molar refractivity (Wildman–Crippen MR) is 52.1 cm³/mol. The Kier molecular flexibility index (Phi) is 2.88. The third kappa shape index (κ3) is 2.70. The second kappa shape index (κ2) is 3.75. The Bertz CT molecular complexity index is 390. The zero-order chi connectivity index (χ0) is 9.90. The quantitative estimate of drug-likeness (QED) is 0.690. The Labute approximate surface area is 78.8 Å². The highest BCUT2D eigenvalue weighted by atomic mass is 32.2. The molecule has 0 unspecified atom stereocenters. The van der Waals surface area contributed by atoms with Crippen molar-refractivity contribution in [1.29, 1.82) is 0 Å². The predicted octanol–water partition coefficient (Wildman–Crippen LogP) is 1.84. The van der Waals surface area contributed by atoms with Gasteiger partial charge in [0.2, 0.25) is 0 Å². The van der Waals surface area contributed by atoms with Crippen LogP contribution in [-0.4, -0.2) is 14.2 Å². The third-order valence-corrected chi connectivity index (χ3v) is 3.35. The molecule has 69 valence electrons. The number of hydrogen-bond acceptors (Lipinski definition) is 2. The van der Waals surface area contributed by atoms with E-state index in [0.717, 1.165) is 0 Å². The second-order valence-corrected chi connectivity index (χ2v) is 4.94. The minimum atomic E-state index is -3.18. The van der Waals surface area contributed by atoms with Crippen LogP contribution in [0.25, 0.3) is 0 Å². The van der Waals surface area contributed by atoms with Crippen LogP contribution in [0.2, 0.25) is 0 Å². The van der Waals surface area contributed by atoms with E-state index >= 15 is 0 Å². The third-order valence-electron chi connectivity index (χ3n) is 1.48. The minimum absolute atomic E-state index is 0.0109. The van der Waals surface area contributed by atoms with Crippen molar-refractivity contribution in [3.63, 3.8) is 0 Å². The Morgan fingerprint density at radius 2 is 2.00 bits per heavy atom. The highest BCUT2D eigenvalue weighted by Crippen LogP contribution is 2.11. The van der Waals surface area contributed by atoms with Crippen LogP contribution in [0, 0.1) is 6.07 Å². The zero-order valence-electron chi connectivity index (χ0n) is 7.45. The molecule has 0 spiro atoms. The topological polar surface area (TPSA) is 34.1 Å². The first kappa shape index (κ1) is 9.99. The summed E-state index contributed by atoms with van der Waals surface area (Å²) in [5.41, 5.74) is 0.646. The molecule has 13 heavy (non-hydrogen) atoms. The lowest BCUT2D eigenvalue weighted by Crippen LogP contribution is -2.06. The number of hydrogen-bond donors (Lipinski definition) is 0. The molecule has 0 aliphatic heterocycles. The summed E-state index contributed by atoms with van der Waals surface area (Å²) in [6, 6.07) is 9.03. The summed E-state index contributed by atoms with van der Waals surface area (Å²) in [4.78, 5) is 0.328. The van der Waals surface area contributed by atoms with Gasteiger partial charge in [0.05, 0.1) is 10.6 Å². The van der Waals surface area contributed by atoms with Gasteiger partial charge in [-0.1, -0.05) is 24.3 Å². The number of benzene rings is 1. The fourth-order valence-corrected chi connectivity index (χ4v) is 2.35. The number of rotatable bonds is 3. The summed E-state index contributed by atoms with van der Waals surface area (Å²) < 4.78 is 23.1. The molecule has 0 saturated heterocycles. The minimum Gasteiger partial charge on any atom is -0.223 e. The van der Waals surface area contributed by atoms with Gasteiger partial charge >= 0.3 is 0 Å². The molecule has 0 saturated carbocycles. The van der Waals surface area contributed by atoms with Gasteiger partial charge < -0.3 is 0 Å². The van der Waals surface area contributed by atoms with E-state index in [-0.39, 0.29) is 5.75 Å². The maximum atomic E-state index is 11.6. The molecule has 0 atom stereocenters. The first-order valence-corrected chi connectivity index (χ1v) is 5.51. The smallest absolute Gasteiger partial charge is 0.182 e. The van der Waals surface area contributed by atoms with Crippen LogP contribution >= 0.6 is 0 Å². The first-order chi connectivity index (χ1) is 6.02. The molecule has 0 fully saturated rings. The molecule has 0 aliphatic carbocycles. The fraction of sp³-hybridized carbons (Fsp3) is 0.200. The maximum Gasteiger partial charge on any atom is 0.182 e. The van der Waals surface area contributed by atoms with Gasteiger partial charge in [-0.05, 0) is 25.1 Å². The zero-order valence-corrected chi connectivity index (χ0v) is 8.26. The average molecular weight is 195 g/mol. The molecule has 3 heteroatoms. The maximum absolute atomic E-state index is 11.6. The van der Waals surface area contributed by atoms with Crippen molar-refractivity contribution in [3.8, 4) is 0 Å². The summed E-state index contributed by atoms with van der Waals surface area (Å²) >= 11 is 0. The van der Waals surface area contributed by atoms with E-state index in [1.807, 2.05) is 0 Å². The number of sulfone groups is 1. The standard InChI is InChI=1S/C10H11O2S/c1-9(2)8-13(11,12)10-6-4-3-5-7-10/h4-7H,1,8H2,2H3. The van der Waals surface area contributed by atoms with Gasteiger partial charge in [0.15, 0.2) is 9.84 Å². The Hall–Kier alpha value is -1.09. The van der Waals surface area contributed by atoms with E-state index in [2.05, 4.69) is 12.6 Å². The Morgan fingerprint density at radius 1 is 1.46 bits per heavy atom. The van der Waals surface area contributed by atoms with E-state index in [4.69, 9.17) is 0 Å². The van der Waals surface area contributed by atoms with E-state index in [9.17, 15) is 8.42 Å². The van der Waals surface area contributed by atoms with Crippen molar-refractivity contribution >= 4 is 9.84 Å². The summed E-state index contributed by atoms with van der Waals surface area (Å²) in [5.74, 6) is 0.0109. The van der Waals surface area contributed by atoms with Gasteiger partial charge in [-0.25, -0.2) is 8.42 Å². The average Bonchev–Trinajstić information content (AvgIpc) is 2.04. The van der Waals surface area contributed by atoms with Crippen LogP contribution in [0.1, 0.15) is 6.92 Å². The molecule has 1 aromatic carbocycles. The molecule has 0 bridgehead atoms. The van der Waals surface area contributed by atoms with E-state index in [0.29, 0.717) is 10.5 Å². The molecule has 1 rings (SSSR count). The molecule has 0 N–H and O–H groups in total. The molecule has 0 amide bonds. The summed E-state index contributed by atoms with van der Waals surface area (Å²) in [6.07, 6.45) is 0. The molecule has 2 nitrogen and oxygen atoms in total. The summed E-state index contributed by atoms with van der Waals surface area (Å²) in [6.45, 7) is 5.28. The van der Waals surface area contributed by atoms with E-state index in [1.54, 1.807) is 19.1 Å².